The summed E-state index contributed by atoms with van der Waals surface area (Å²) in [7, 11) is 2.01. The van der Waals surface area contributed by atoms with Crippen LogP contribution in [0, 0.1) is 0 Å². The number of ether oxygens (including phenoxy) is 2. The molecule has 26 heavy (non-hydrogen) atoms. The number of aromatic nitrogens is 2. The number of H-pyrrole nitrogens is 1. The third kappa shape index (κ3) is 3.15. The Hall–Kier alpha value is -2.86. The molecule has 0 fully saturated rings. The topological polar surface area (TPSA) is 67.5 Å². The van der Waals surface area contributed by atoms with Gasteiger partial charge < -0.3 is 14.5 Å². The maximum atomic E-state index is 12.3. The lowest BCUT2D eigenvalue weighted by Gasteiger charge is -2.25. The molecule has 0 radical (unpaired) electrons. The van der Waals surface area contributed by atoms with Gasteiger partial charge in [0.2, 0.25) is 0 Å². The first kappa shape index (κ1) is 16.6. The smallest absolute Gasteiger partial charge is 0.258 e. The average Bonchev–Trinajstić information content (AvgIpc) is 2.67. The summed E-state index contributed by atoms with van der Waals surface area (Å²) in [5.74, 6) is 2.23. The van der Waals surface area contributed by atoms with Crippen molar-refractivity contribution in [3.8, 4) is 11.5 Å². The van der Waals surface area contributed by atoms with Gasteiger partial charge in [-0.3, -0.25) is 9.69 Å². The molecule has 0 amide bonds. The van der Waals surface area contributed by atoms with Crippen LogP contribution in [0.4, 0.5) is 0 Å². The summed E-state index contributed by atoms with van der Waals surface area (Å²) in [5.41, 5.74) is 1.72. The number of hydrogen-bond donors (Lipinski definition) is 1. The van der Waals surface area contributed by atoms with E-state index in [1.54, 1.807) is 6.07 Å². The van der Waals surface area contributed by atoms with Crippen LogP contribution in [0.1, 0.15) is 24.4 Å². The number of nitrogens with zero attached hydrogens (tertiary/aromatic N) is 2. The first-order valence-corrected chi connectivity index (χ1v) is 8.69. The minimum atomic E-state index is -0.106. The number of benzene rings is 2. The van der Waals surface area contributed by atoms with Crippen molar-refractivity contribution in [2.45, 2.75) is 19.5 Å². The molecule has 3 aromatic rings. The van der Waals surface area contributed by atoms with Crippen LogP contribution in [-0.2, 0) is 6.54 Å². The number of hydrogen-bond acceptors (Lipinski definition) is 5. The summed E-state index contributed by atoms with van der Waals surface area (Å²) in [4.78, 5) is 22.0. The Morgan fingerprint density at radius 1 is 1.15 bits per heavy atom. The van der Waals surface area contributed by atoms with Gasteiger partial charge in [0, 0.05) is 6.54 Å². The standard InChI is InChI=1S/C20H21N3O3/c1-13(19-21-16-6-4-3-5-15(16)20(24)22-19)23(2)12-14-7-8-17-18(11-14)26-10-9-25-17/h3-8,11,13H,9-10,12H2,1-2H3,(H,21,22,24). The van der Waals surface area contributed by atoms with Gasteiger partial charge in [-0.2, -0.15) is 0 Å². The molecule has 1 aliphatic heterocycles. The largest absolute Gasteiger partial charge is 0.486 e. The SMILES string of the molecule is CC(c1nc2ccccc2c(=O)[nH]1)N(C)Cc1ccc2c(c1)OCCO2. The summed E-state index contributed by atoms with van der Waals surface area (Å²) in [5, 5.41) is 0.609. The van der Waals surface area contributed by atoms with Crippen molar-refractivity contribution in [1.29, 1.82) is 0 Å². The zero-order chi connectivity index (χ0) is 18.1. The maximum absolute atomic E-state index is 12.3. The molecule has 6 heteroatoms. The Bertz CT molecular complexity index is 999. The average molecular weight is 351 g/mol. The molecule has 1 N–H and O–H groups in total. The van der Waals surface area contributed by atoms with Crippen molar-refractivity contribution in [1.82, 2.24) is 14.9 Å². The fraction of sp³-hybridized carbons (Fsp3) is 0.300. The van der Waals surface area contributed by atoms with E-state index in [2.05, 4.69) is 14.9 Å². The summed E-state index contributed by atoms with van der Waals surface area (Å²) >= 11 is 0. The molecule has 1 aliphatic rings. The molecule has 0 spiro atoms. The van der Waals surface area contributed by atoms with Crippen LogP contribution in [0.15, 0.2) is 47.3 Å². The maximum Gasteiger partial charge on any atom is 0.258 e. The van der Waals surface area contributed by atoms with Crippen LogP contribution in [-0.4, -0.2) is 35.1 Å². The van der Waals surface area contributed by atoms with E-state index in [9.17, 15) is 4.79 Å². The minimum absolute atomic E-state index is 0.0412. The number of nitrogens with one attached hydrogen (secondary N) is 1. The molecule has 1 aromatic heterocycles. The predicted octanol–water partition coefficient (Wildman–Crippen LogP) is 2.89. The third-order valence-corrected chi connectivity index (χ3v) is 4.73. The molecule has 0 saturated heterocycles. The second-order valence-electron chi connectivity index (χ2n) is 6.54. The number of aromatic amines is 1. The van der Waals surface area contributed by atoms with Gasteiger partial charge in [-0.1, -0.05) is 18.2 Å². The monoisotopic (exact) mass is 351 g/mol. The molecule has 4 rings (SSSR count). The summed E-state index contributed by atoms with van der Waals surface area (Å²) in [6, 6.07) is 13.3. The van der Waals surface area contributed by atoms with Crippen LogP contribution in [0.2, 0.25) is 0 Å². The van der Waals surface area contributed by atoms with Crippen molar-refractivity contribution in [3.05, 3.63) is 64.2 Å². The van der Waals surface area contributed by atoms with E-state index < -0.39 is 0 Å². The molecule has 2 aromatic carbocycles. The molecule has 0 bridgehead atoms. The van der Waals surface area contributed by atoms with Crippen LogP contribution in [0.3, 0.4) is 0 Å². The molecule has 0 saturated carbocycles. The number of para-hydroxylation sites is 1. The molecule has 134 valence electrons. The summed E-state index contributed by atoms with van der Waals surface area (Å²) in [6.07, 6.45) is 0. The molecule has 2 heterocycles. The fourth-order valence-electron chi connectivity index (χ4n) is 3.12. The number of fused-ring (bicyclic) bond motifs is 2. The van der Waals surface area contributed by atoms with E-state index in [-0.39, 0.29) is 11.6 Å². The molecular weight excluding hydrogens is 330 g/mol. The normalized spacial score (nSPS) is 14.6. The summed E-state index contributed by atoms with van der Waals surface area (Å²) in [6.45, 7) is 3.90. The number of rotatable bonds is 4. The molecule has 0 aliphatic carbocycles. The van der Waals surface area contributed by atoms with E-state index >= 15 is 0 Å². The van der Waals surface area contributed by atoms with Gasteiger partial charge in [0.15, 0.2) is 11.5 Å². The molecule has 6 nitrogen and oxygen atoms in total. The highest BCUT2D eigenvalue weighted by atomic mass is 16.6. The van der Waals surface area contributed by atoms with Crippen LogP contribution in [0.25, 0.3) is 10.9 Å². The lowest BCUT2D eigenvalue weighted by atomic mass is 10.1. The zero-order valence-electron chi connectivity index (χ0n) is 14.9. The third-order valence-electron chi connectivity index (χ3n) is 4.73. The van der Waals surface area contributed by atoms with Crippen molar-refractivity contribution in [3.63, 3.8) is 0 Å². The quantitative estimate of drug-likeness (QED) is 0.783. The lowest BCUT2D eigenvalue weighted by Crippen LogP contribution is -2.26. The molecular formula is C20H21N3O3. The van der Waals surface area contributed by atoms with E-state index in [0.717, 1.165) is 17.1 Å². The Labute approximate surface area is 151 Å². The first-order valence-electron chi connectivity index (χ1n) is 8.69. The van der Waals surface area contributed by atoms with Crippen LogP contribution < -0.4 is 15.0 Å². The van der Waals surface area contributed by atoms with Crippen molar-refractivity contribution in [2.75, 3.05) is 20.3 Å². The van der Waals surface area contributed by atoms with Crippen LogP contribution >= 0.6 is 0 Å². The second-order valence-corrected chi connectivity index (χ2v) is 6.54. The van der Waals surface area contributed by atoms with E-state index in [1.165, 1.54) is 0 Å². The van der Waals surface area contributed by atoms with E-state index in [4.69, 9.17) is 9.47 Å². The fourth-order valence-corrected chi connectivity index (χ4v) is 3.12. The summed E-state index contributed by atoms with van der Waals surface area (Å²) < 4.78 is 11.2. The second kappa shape index (κ2) is 6.80. The van der Waals surface area contributed by atoms with E-state index in [0.29, 0.717) is 36.5 Å². The van der Waals surface area contributed by atoms with Gasteiger partial charge in [-0.25, -0.2) is 4.98 Å². The van der Waals surface area contributed by atoms with Gasteiger partial charge in [0.25, 0.3) is 5.56 Å². The van der Waals surface area contributed by atoms with Gasteiger partial charge in [-0.15, -0.1) is 0 Å². The van der Waals surface area contributed by atoms with Gasteiger partial charge >= 0.3 is 0 Å². The zero-order valence-corrected chi connectivity index (χ0v) is 14.9. The Kier molecular flexibility index (Phi) is 4.34. The van der Waals surface area contributed by atoms with Gasteiger partial charge in [0.05, 0.1) is 16.9 Å². The highest BCUT2D eigenvalue weighted by Gasteiger charge is 2.17. The van der Waals surface area contributed by atoms with E-state index in [1.807, 2.05) is 50.4 Å². The highest BCUT2D eigenvalue weighted by molar-refractivity contribution is 5.77. The lowest BCUT2D eigenvalue weighted by molar-refractivity contribution is 0.171. The van der Waals surface area contributed by atoms with Crippen molar-refractivity contribution in [2.24, 2.45) is 0 Å². The molecule has 1 atom stereocenters. The van der Waals surface area contributed by atoms with Gasteiger partial charge in [0.1, 0.15) is 19.0 Å². The van der Waals surface area contributed by atoms with Gasteiger partial charge in [-0.05, 0) is 43.8 Å². The molecule has 1 unspecified atom stereocenters. The van der Waals surface area contributed by atoms with Crippen molar-refractivity contribution < 1.29 is 9.47 Å². The predicted molar refractivity (Wildman–Crippen MR) is 99.7 cm³/mol. The Morgan fingerprint density at radius 2 is 1.92 bits per heavy atom. The minimum Gasteiger partial charge on any atom is -0.486 e. The van der Waals surface area contributed by atoms with Crippen molar-refractivity contribution >= 4 is 10.9 Å². The van der Waals surface area contributed by atoms with Crippen LogP contribution in [0.5, 0.6) is 11.5 Å². The highest BCUT2D eigenvalue weighted by Crippen LogP contribution is 2.31. The Balaban J connectivity index is 1.56. The Morgan fingerprint density at radius 3 is 2.77 bits per heavy atom. The first-order chi connectivity index (χ1) is 12.6.